The number of fused-ring (bicyclic) bond motifs is 1. The molecule has 3 rings (SSSR count). The average molecular weight is 321 g/mol. The molecule has 5 heteroatoms. The molecule has 3 nitrogen and oxygen atoms in total. The molecule has 0 saturated carbocycles. The van der Waals surface area contributed by atoms with Gasteiger partial charge in [0.15, 0.2) is 0 Å². The number of thioether (sulfide) groups is 1. The van der Waals surface area contributed by atoms with Crippen molar-refractivity contribution >= 4 is 23.4 Å². The molecule has 2 aromatic rings. The van der Waals surface area contributed by atoms with Crippen LogP contribution in [-0.4, -0.2) is 12.4 Å². The lowest BCUT2D eigenvalue weighted by molar-refractivity contribution is 0.350. The van der Waals surface area contributed by atoms with Crippen LogP contribution in [0.1, 0.15) is 17.2 Å². The molecular weight excluding hydrogens is 304 g/mol. The number of halogens is 1. The fraction of sp³-hybridized carbons (Fsp3) is 0.250. The van der Waals surface area contributed by atoms with Gasteiger partial charge in [-0.3, -0.25) is 11.3 Å². The van der Waals surface area contributed by atoms with Gasteiger partial charge in [0.25, 0.3) is 0 Å². The maximum atomic E-state index is 6.19. The Hall–Kier alpha value is -1.20. The van der Waals surface area contributed by atoms with E-state index in [2.05, 4.69) is 23.6 Å². The molecule has 0 aliphatic carbocycles. The Morgan fingerprint density at radius 2 is 2.10 bits per heavy atom. The van der Waals surface area contributed by atoms with Crippen LogP contribution in [0.15, 0.2) is 47.4 Å². The Balaban J connectivity index is 1.77. The zero-order valence-electron chi connectivity index (χ0n) is 11.5. The molecule has 1 aliphatic rings. The van der Waals surface area contributed by atoms with Crippen LogP contribution in [0.25, 0.3) is 0 Å². The second kappa shape index (κ2) is 6.71. The number of hydrogen-bond donors (Lipinski definition) is 2. The van der Waals surface area contributed by atoms with Gasteiger partial charge in [0.1, 0.15) is 5.75 Å². The van der Waals surface area contributed by atoms with E-state index >= 15 is 0 Å². The van der Waals surface area contributed by atoms with E-state index in [1.54, 1.807) is 11.8 Å². The van der Waals surface area contributed by atoms with E-state index in [1.807, 2.05) is 24.3 Å². The summed E-state index contributed by atoms with van der Waals surface area (Å²) in [5.74, 6) is 7.53. The van der Waals surface area contributed by atoms with Crippen molar-refractivity contribution in [1.29, 1.82) is 0 Å². The van der Waals surface area contributed by atoms with Crippen molar-refractivity contribution in [2.45, 2.75) is 17.4 Å². The smallest absolute Gasteiger partial charge is 0.127 e. The van der Waals surface area contributed by atoms with Crippen molar-refractivity contribution in [3.63, 3.8) is 0 Å². The third-order valence-corrected chi connectivity index (χ3v) is 5.17. The number of nitrogens with two attached hydrogens (primary N) is 1. The minimum Gasteiger partial charge on any atom is -0.493 e. The molecule has 0 spiro atoms. The summed E-state index contributed by atoms with van der Waals surface area (Å²) >= 11 is 7.88. The summed E-state index contributed by atoms with van der Waals surface area (Å²) in [6.45, 7) is 0.751. The molecule has 0 amide bonds. The molecule has 3 N–H and O–H groups in total. The lowest BCUT2D eigenvalue weighted by Gasteiger charge is -2.19. The van der Waals surface area contributed by atoms with E-state index in [0.717, 1.165) is 40.0 Å². The first-order chi connectivity index (χ1) is 10.3. The van der Waals surface area contributed by atoms with E-state index in [4.69, 9.17) is 22.2 Å². The van der Waals surface area contributed by atoms with E-state index in [-0.39, 0.29) is 6.04 Å². The van der Waals surface area contributed by atoms with E-state index in [0.29, 0.717) is 0 Å². The molecule has 0 radical (unpaired) electrons. The third-order valence-electron chi connectivity index (χ3n) is 3.56. The van der Waals surface area contributed by atoms with Gasteiger partial charge in [0, 0.05) is 22.6 Å². The van der Waals surface area contributed by atoms with E-state index < -0.39 is 0 Å². The third kappa shape index (κ3) is 3.19. The van der Waals surface area contributed by atoms with Gasteiger partial charge in [-0.15, -0.1) is 11.8 Å². The predicted octanol–water partition coefficient (Wildman–Crippen LogP) is 3.57. The lowest BCUT2D eigenvalue weighted by Crippen LogP contribution is -2.30. The van der Waals surface area contributed by atoms with Crippen molar-refractivity contribution in [2.24, 2.45) is 5.84 Å². The Labute approximate surface area is 133 Å². The number of hydrazine groups is 1. The summed E-state index contributed by atoms with van der Waals surface area (Å²) in [5.41, 5.74) is 5.27. The number of rotatable bonds is 5. The highest BCUT2D eigenvalue weighted by Crippen LogP contribution is 2.36. The largest absolute Gasteiger partial charge is 0.493 e. The van der Waals surface area contributed by atoms with Gasteiger partial charge in [0.2, 0.25) is 0 Å². The molecule has 0 aromatic heterocycles. The van der Waals surface area contributed by atoms with Crippen molar-refractivity contribution in [3.8, 4) is 5.75 Å². The molecule has 1 unspecified atom stereocenters. The summed E-state index contributed by atoms with van der Waals surface area (Å²) in [6, 6.07) is 14.1. The SMILES string of the molecule is NNC(CSc1ccccc1Cl)c1cccc2c1OCC2. The number of ether oxygens (including phenoxy) is 1. The summed E-state index contributed by atoms with van der Waals surface area (Å²) in [5, 5.41) is 0.771. The van der Waals surface area contributed by atoms with Crippen LogP contribution in [0.5, 0.6) is 5.75 Å². The maximum absolute atomic E-state index is 6.19. The summed E-state index contributed by atoms with van der Waals surface area (Å²) in [4.78, 5) is 1.06. The molecule has 1 atom stereocenters. The van der Waals surface area contributed by atoms with Crippen molar-refractivity contribution in [2.75, 3.05) is 12.4 Å². The first kappa shape index (κ1) is 14.7. The van der Waals surface area contributed by atoms with E-state index in [1.165, 1.54) is 5.56 Å². The van der Waals surface area contributed by atoms with Gasteiger partial charge in [-0.25, -0.2) is 0 Å². The van der Waals surface area contributed by atoms with Crippen LogP contribution in [-0.2, 0) is 6.42 Å². The minimum absolute atomic E-state index is 0.0272. The van der Waals surface area contributed by atoms with Gasteiger partial charge < -0.3 is 4.74 Å². The van der Waals surface area contributed by atoms with Crippen LogP contribution in [0.4, 0.5) is 0 Å². The highest BCUT2D eigenvalue weighted by molar-refractivity contribution is 7.99. The molecule has 1 aliphatic heterocycles. The molecule has 1 heterocycles. The summed E-state index contributed by atoms with van der Waals surface area (Å²) < 4.78 is 5.76. The van der Waals surface area contributed by atoms with Crippen LogP contribution < -0.4 is 16.0 Å². The van der Waals surface area contributed by atoms with Crippen LogP contribution in [0.2, 0.25) is 5.02 Å². The van der Waals surface area contributed by atoms with Gasteiger partial charge in [-0.1, -0.05) is 41.9 Å². The zero-order valence-corrected chi connectivity index (χ0v) is 13.1. The van der Waals surface area contributed by atoms with Crippen LogP contribution in [0, 0.1) is 0 Å². The van der Waals surface area contributed by atoms with Gasteiger partial charge in [-0.05, 0) is 17.7 Å². The Morgan fingerprint density at radius 3 is 2.90 bits per heavy atom. The fourth-order valence-corrected chi connectivity index (χ4v) is 3.78. The number of benzene rings is 2. The second-order valence-electron chi connectivity index (χ2n) is 4.89. The average Bonchev–Trinajstić information content (AvgIpc) is 2.98. The van der Waals surface area contributed by atoms with Crippen LogP contribution >= 0.6 is 23.4 Å². The number of nitrogens with one attached hydrogen (secondary N) is 1. The zero-order chi connectivity index (χ0) is 14.7. The standard InChI is InChI=1S/C16H17ClN2OS/c17-13-6-1-2-7-15(13)21-10-14(19-18)12-5-3-4-11-8-9-20-16(11)12/h1-7,14,19H,8-10,18H2. The first-order valence-corrected chi connectivity index (χ1v) is 8.24. The molecule has 0 fully saturated rings. The quantitative estimate of drug-likeness (QED) is 0.502. The monoisotopic (exact) mass is 320 g/mol. The van der Waals surface area contributed by atoms with Gasteiger partial charge in [0.05, 0.1) is 17.7 Å². The summed E-state index contributed by atoms with van der Waals surface area (Å²) in [7, 11) is 0. The Morgan fingerprint density at radius 1 is 1.24 bits per heavy atom. The molecule has 0 bridgehead atoms. The molecular formula is C16H17ClN2OS. The molecule has 2 aromatic carbocycles. The highest BCUT2D eigenvalue weighted by atomic mass is 35.5. The van der Waals surface area contributed by atoms with Crippen molar-refractivity contribution in [3.05, 3.63) is 58.6 Å². The Bertz CT molecular complexity index is 635. The van der Waals surface area contributed by atoms with Gasteiger partial charge in [-0.2, -0.15) is 0 Å². The van der Waals surface area contributed by atoms with Crippen LogP contribution in [0.3, 0.4) is 0 Å². The second-order valence-corrected chi connectivity index (χ2v) is 6.36. The predicted molar refractivity (Wildman–Crippen MR) is 87.9 cm³/mol. The van der Waals surface area contributed by atoms with Crippen molar-refractivity contribution < 1.29 is 4.74 Å². The lowest BCUT2D eigenvalue weighted by atomic mass is 10.0. The molecule has 21 heavy (non-hydrogen) atoms. The van der Waals surface area contributed by atoms with Crippen molar-refractivity contribution in [1.82, 2.24) is 5.43 Å². The molecule has 110 valence electrons. The van der Waals surface area contributed by atoms with Gasteiger partial charge >= 0.3 is 0 Å². The topological polar surface area (TPSA) is 47.3 Å². The summed E-state index contributed by atoms with van der Waals surface area (Å²) in [6.07, 6.45) is 0.970. The normalized spacial score (nSPS) is 14.6. The minimum atomic E-state index is 0.0272. The Kier molecular flexibility index (Phi) is 4.70. The number of para-hydroxylation sites is 1. The first-order valence-electron chi connectivity index (χ1n) is 6.87. The highest BCUT2D eigenvalue weighted by Gasteiger charge is 2.21. The molecule has 0 saturated heterocycles. The fourth-order valence-electron chi connectivity index (χ4n) is 2.48. The van der Waals surface area contributed by atoms with E-state index in [9.17, 15) is 0 Å². The number of hydrogen-bond acceptors (Lipinski definition) is 4. The maximum Gasteiger partial charge on any atom is 0.127 e.